The third kappa shape index (κ3) is 3.45. The third-order valence-electron chi connectivity index (χ3n) is 4.11. The predicted octanol–water partition coefficient (Wildman–Crippen LogP) is 2.61. The van der Waals surface area contributed by atoms with Crippen molar-refractivity contribution in [2.24, 2.45) is 5.92 Å². The van der Waals surface area contributed by atoms with Crippen LogP contribution in [0.1, 0.15) is 30.9 Å². The van der Waals surface area contributed by atoms with Gasteiger partial charge in [0.2, 0.25) is 5.91 Å². The van der Waals surface area contributed by atoms with Crippen molar-refractivity contribution in [2.75, 3.05) is 20.3 Å². The van der Waals surface area contributed by atoms with Gasteiger partial charge in [-0.15, -0.1) is 0 Å². The minimum atomic E-state index is 0.0472. The van der Waals surface area contributed by atoms with Crippen molar-refractivity contribution in [2.45, 2.75) is 25.3 Å². The molecule has 4 nitrogen and oxygen atoms in total. The summed E-state index contributed by atoms with van der Waals surface area (Å²) in [5.41, 5.74) is 2.00. The lowest BCUT2D eigenvalue weighted by Crippen LogP contribution is -2.32. The summed E-state index contributed by atoms with van der Waals surface area (Å²) >= 11 is 0. The van der Waals surface area contributed by atoms with Gasteiger partial charge in [-0.1, -0.05) is 18.2 Å². The summed E-state index contributed by atoms with van der Waals surface area (Å²) in [6.07, 6.45) is 4.95. The van der Waals surface area contributed by atoms with E-state index in [1.165, 1.54) is 12.8 Å². The van der Waals surface area contributed by atoms with Crippen LogP contribution in [0.15, 0.2) is 35.9 Å². The van der Waals surface area contributed by atoms with E-state index in [1.54, 1.807) is 7.11 Å². The van der Waals surface area contributed by atoms with Crippen molar-refractivity contribution < 1.29 is 14.3 Å². The molecule has 1 heterocycles. The highest BCUT2D eigenvalue weighted by molar-refractivity contribution is 5.93. The SMILES string of the molecule is COc1ccc([C@@H](NC(=O)C2=CCOCC2)C2CC2)cc1. The van der Waals surface area contributed by atoms with E-state index in [4.69, 9.17) is 9.47 Å². The molecule has 1 saturated carbocycles. The number of benzene rings is 1. The summed E-state index contributed by atoms with van der Waals surface area (Å²) in [6.45, 7) is 1.18. The Kier molecular flexibility index (Phi) is 4.25. The van der Waals surface area contributed by atoms with Crippen LogP contribution in [-0.2, 0) is 9.53 Å². The lowest BCUT2D eigenvalue weighted by molar-refractivity contribution is -0.118. The summed E-state index contributed by atoms with van der Waals surface area (Å²) in [6, 6.07) is 8.09. The van der Waals surface area contributed by atoms with Gasteiger partial charge in [0.05, 0.1) is 26.4 Å². The Balaban J connectivity index is 1.72. The molecule has 2 aliphatic rings. The zero-order valence-corrected chi connectivity index (χ0v) is 12.3. The zero-order chi connectivity index (χ0) is 14.7. The fourth-order valence-electron chi connectivity index (χ4n) is 2.68. The summed E-state index contributed by atoms with van der Waals surface area (Å²) in [7, 11) is 1.66. The van der Waals surface area contributed by atoms with Gasteiger partial charge in [0.15, 0.2) is 0 Å². The van der Waals surface area contributed by atoms with E-state index in [0.29, 0.717) is 25.6 Å². The molecule has 1 aromatic carbocycles. The molecule has 0 saturated heterocycles. The molecule has 3 rings (SSSR count). The van der Waals surface area contributed by atoms with E-state index in [1.807, 2.05) is 30.3 Å². The highest BCUT2D eigenvalue weighted by atomic mass is 16.5. The van der Waals surface area contributed by atoms with E-state index in [2.05, 4.69) is 5.32 Å². The number of ether oxygens (including phenoxy) is 2. The van der Waals surface area contributed by atoms with E-state index in [-0.39, 0.29) is 11.9 Å². The second kappa shape index (κ2) is 6.31. The van der Waals surface area contributed by atoms with E-state index in [0.717, 1.165) is 16.9 Å². The second-order valence-corrected chi connectivity index (χ2v) is 5.62. The van der Waals surface area contributed by atoms with Crippen LogP contribution in [0.3, 0.4) is 0 Å². The Morgan fingerprint density at radius 2 is 2.10 bits per heavy atom. The van der Waals surface area contributed by atoms with Gasteiger partial charge in [0.1, 0.15) is 5.75 Å². The van der Waals surface area contributed by atoms with Crippen molar-refractivity contribution in [3.8, 4) is 5.75 Å². The molecule has 1 aliphatic carbocycles. The monoisotopic (exact) mass is 287 g/mol. The minimum absolute atomic E-state index is 0.0472. The summed E-state index contributed by atoms with van der Waals surface area (Å²) < 4.78 is 10.4. The molecule has 1 N–H and O–H groups in total. The first-order valence-electron chi connectivity index (χ1n) is 7.49. The first kappa shape index (κ1) is 14.1. The zero-order valence-electron chi connectivity index (χ0n) is 12.3. The molecule has 1 amide bonds. The molecule has 1 aromatic rings. The van der Waals surface area contributed by atoms with Crippen LogP contribution in [0.4, 0.5) is 0 Å². The summed E-state index contributed by atoms with van der Waals surface area (Å²) in [5.74, 6) is 1.44. The number of nitrogens with one attached hydrogen (secondary N) is 1. The van der Waals surface area contributed by atoms with Crippen LogP contribution >= 0.6 is 0 Å². The summed E-state index contributed by atoms with van der Waals surface area (Å²) in [5, 5.41) is 3.20. The maximum Gasteiger partial charge on any atom is 0.247 e. The number of carbonyl (C=O) groups is 1. The number of hydrogen-bond acceptors (Lipinski definition) is 3. The second-order valence-electron chi connectivity index (χ2n) is 5.62. The molecular formula is C17H21NO3. The van der Waals surface area contributed by atoms with Gasteiger partial charge in [-0.05, 0) is 36.5 Å². The standard InChI is InChI=1S/C17H21NO3/c1-20-15-6-4-13(5-7-15)16(12-2-3-12)18-17(19)14-8-10-21-11-9-14/h4-8,12,16H,2-3,9-11H2,1H3,(H,18,19)/t16-/m0/s1. The molecule has 0 aromatic heterocycles. The van der Waals surface area contributed by atoms with Gasteiger partial charge < -0.3 is 14.8 Å². The van der Waals surface area contributed by atoms with Crippen molar-refractivity contribution in [3.63, 3.8) is 0 Å². The molecule has 0 bridgehead atoms. The molecule has 0 unspecified atom stereocenters. The van der Waals surface area contributed by atoms with Crippen molar-refractivity contribution in [1.82, 2.24) is 5.32 Å². The van der Waals surface area contributed by atoms with Gasteiger partial charge in [-0.2, -0.15) is 0 Å². The molecule has 0 radical (unpaired) electrons. The van der Waals surface area contributed by atoms with E-state index >= 15 is 0 Å². The average Bonchev–Trinajstić information content (AvgIpc) is 3.38. The van der Waals surface area contributed by atoms with Crippen molar-refractivity contribution in [3.05, 3.63) is 41.5 Å². The molecule has 112 valence electrons. The molecule has 1 fully saturated rings. The highest BCUT2D eigenvalue weighted by Gasteiger charge is 2.33. The van der Waals surface area contributed by atoms with Crippen LogP contribution in [-0.4, -0.2) is 26.2 Å². The molecular weight excluding hydrogens is 266 g/mol. The van der Waals surface area contributed by atoms with Crippen molar-refractivity contribution in [1.29, 1.82) is 0 Å². The molecule has 1 atom stereocenters. The van der Waals surface area contributed by atoms with E-state index < -0.39 is 0 Å². The molecule has 0 spiro atoms. The predicted molar refractivity (Wildman–Crippen MR) is 80.1 cm³/mol. The Labute approximate surface area is 125 Å². The quantitative estimate of drug-likeness (QED) is 0.905. The fraction of sp³-hybridized carbons (Fsp3) is 0.471. The Hall–Kier alpha value is -1.81. The Morgan fingerprint density at radius 3 is 2.67 bits per heavy atom. The van der Waals surface area contributed by atoms with Gasteiger partial charge in [0.25, 0.3) is 0 Å². The largest absolute Gasteiger partial charge is 0.497 e. The van der Waals surface area contributed by atoms with Crippen molar-refractivity contribution >= 4 is 5.91 Å². The maximum atomic E-state index is 12.4. The van der Waals surface area contributed by atoms with Crippen LogP contribution in [0.2, 0.25) is 0 Å². The van der Waals surface area contributed by atoms with Gasteiger partial charge in [-0.3, -0.25) is 4.79 Å². The number of hydrogen-bond donors (Lipinski definition) is 1. The van der Waals surface area contributed by atoms with Crippen LogP contribution in [0, 0.1) is 5.92 Å². The van der Waals surface area contributed by atoms with Gasteiger partial charge >= 0.3 is 0 Å². The molecule has 1 aliphatic heterocycles. The normalized spacial score (nSPS) is 19.6. The minimum Gasteiger partial charge on any atom is -0.497 e. The Morgan fingerprint density at radius 1 is 1.33 bits per heavy atom. The lowest BCUT2D eigenvalue weighted by atomic mass is 10.0. The van der Waals surface area contributed by atoms with Gasteiger partial charge in [-0.25, -0.2) is 0 Å². The summed E-state index contributed by atoms with van der Waals surface area (Å²) in [4.78, 5) is 12.4. The van der Waals surface area contributed by atoms with Gasteiger partial charge in [0, 0.05) is 12.0 Å². The molecule has 21 heavy (non-hydrogen) atoms. The molecule has 4 heteroatoms. The highest BCUT2D eigenvalue weighted by Crippen LogP contribution is 2.41. The maximum absolute atomic E-state index is 12.4. The number of amides is 1. The number of carbonyl (C=O) groups excluding carboxylic acids is 1. The smallest absolute Gasteiger partial charge is 0.247 e. The fourth-order valence-corrected chi connectivity index (χ4v) is 2.68. The van der Waals surface area contributed by atoms with Crippen LogP contribution < -0.4 is 10.1 Å². The topological polar surface area (TPSA) is 47.6 Å². The number of methoxy groups -OCH3 is 1. The third-order valence-corrected chi connectivity index (χ3v) is 4.11. The Bertz CT molecular complexity index is 531. The number of rotatable bonds is 5. The van der Waals surface area contributed by atoms with Crippen LogP contribution in [0.25, 0.3) is 0 Å². The van der Waals surface area contributed by atoms with Crippen LogP contribution in [0.5, 0.6) is 5.75 Å². The average molecular weight is 287 g/mol. The lowest BCUT2D eigenvalue weighted by Gasteiger charge is -2.21. The first-order chi connectivity index (χ1) is 10.3. The van der Waals surface area contributed by atoms with E-state index in [9.17, 15) is 4.79 Å². The first-order valence-corrected chi connectivity index (χ1v) is 7.49.